The second kappa shape index (κ2) is 5.55. The van der Waals surface area contributed by atoms with Crippen molar-refractivity contribution in [3.63, 3.8) is 0 Å². The average molecular weight is 316 g/mol. The van der Waals surface area contributed by atoms with Crippen molar-refractivity contribution in [2.45, 2.75) is 23.8 Å². The number of aryl methyl sites for hydroxylation is 1. The first-order valence-electron chi connectivity index (χ1n) is 6.97. The number of hydrogen-bond donors (Lipinski definition) is 2. The van der Waals surface area contributed by atoms with Gasteiger partial charge in [-0.15, -0.1) is 0 Å². The van der Waals surface area contributed by atoms with Gasteiger partial charge < -0.3 is 5.73 Å². The molecule has 0 spiro atoms. The molecule has 114 valence electrons. The molecule has 5 nitrogen and oxygen atoms in total. The van der Waals surface area contributed by atoms with E-state index in [1.165, 1.54) is 29.8 Å². The van der Waals surface area contributed by atoms with Crippen LogP contribution in [0.25, 0.3) is 0 Å². The van der Waals surface area contributed by atoms with Crippen molar-refractivity contribution in [3.8, 4) is 0 Å². The second-order valence-corrected chi connectivity index (χ2v) is 7.01. The van der Waals surface area contributed by atoms with E-state index in [0.29, 0.717) is 0 Å². The Morgan fingerprint density at radius 3 is 2.45 bits per heavy atom. The van der Waals surface area contributed by atoms with Gasteiger partial charge in [0.15, 0.2) is 0 Å². The summed E-state index contributed by atoms with van der Waals surface area (Å²) in [5.41, 5.74) is 7.64. The molecule has 0 saturated carbocycles. The predicted molar refractivity (Wildman–Crippen MR) is 82.8 cm³/mol. The molecule has 1 aliphatic carbocycles. The Balaban J connectivity index is 1.84. The number of primary amides is 1. The average Bonchev–Trinajstić information content (AvgIpc) is 2.90. The molecular formula is C16H16N2O3S. The molecule has 0 saturated heterocycles. The van der Waals surface area contributed by atoms with Crippen molar-refractivity contribution in [2.75, 3.05) is 0 Å². The first-order chi connectivity index (χ1) is 10.5. The number of hydrogen-bond acceptors (Lipinski definition) is 3. The summed E-state index contributed by atoms with van der Waals surface area (Å²) in [4.78, 5) is 11.2. The molecule has 3 rings (SSSR count). The van der Waals surface area contributed by atoms with Gasteiger partial charge >= 0.3 is 0 Å². The first-order valence-corrected chi connectivity index (χ1v) is 8.46. The van der Waals surface area contributed by atoms with Crippen LogP contribution < -0.4 is 10.5 Å². The largest absolute Gasteiger partial charge is 0.366 e. The van der Waals surface area contributed by atoms with Crippen LogP contribution in [0.15, 0.2) is 53.4 Å². The van der Waals surface area contributed by atoms with Gasteiger partial charge in [0.2, 0.25) is 15.9 Å². The maximum atomic E-state index is 12.5. The van der Waals surface area contributed by atoms with E-state index in [1.54, 1.807) is 0 Å². The van der Waals surface area contributed by atoms with Crippen LogP contribution in [-0.2, 0) is 16.4 Å². The van der Waals surface area contributed by atoms with Gasteiger partial charge in [0.25, 0.3) is 0 Å². The molecule has 0 unspecified atom stereocenters. The van der Waals surface area contributed by atoms with Crippen LogP contribution in [0.5, 0.6) is 0 Å². The van der Waals surface area contributed by atoms with Gasteiger partial charge in [-0.2, -0.15) is 0 Å². The Morgan fingerprint density at radius 2 is 1.77 bits per heavy atom. The van der Waals surface area contributed by atoms with Crippen LogP contribution in [-0.4, -0.2) is 14.3 Å². The maximum absolute atomic E-state index is 12.5. The molecule has 1 amide bonds. The van der Waals surface area contributed by atoms with Gasteiger partial charge in [-0.25, -0.2) is 13.1 Å². The number of carbonyl (C=O) groups excluding carboxylic acids is 1. The number of nitrogens with two attached hydrogens (primary N) is 1. The van der Waals surface area contributed by atoms with Crippen molar-refractivity contribution < 1.29 is 13.2 Å². The quantitative estimate of drug-likeness (QED) is 0.900. The highest BCUT2D eigenvalue weighted by Crippen LogP contribution is 2.32. The molecular weight excluding hydrogens is 300 g/mol. The molecule has 22 heavy (non-hydrogen) atoms. The molecule has 0 fully saturated rings. The topological polar surface area (TPSA) is 89.3 Å². The van der Waals surface area contributed by atoms with Crippen LogP contribution >= 0.6 is 0 Å². The SMILES string of the molecule is NC(=O)c1ccc(S(=O)(=O)N[C@H]2CCc3ccccc32)cc1. The Bertz CT molecular complexity index is 814. The van der Waals surface area contributed by atoms with E-state index in [-0.39, 0.29) is 16.5 Å². The van der Waals surface area contributed by atoms with E-state index in [0.717, 1.165) is 18.4 Å². The van der Waals surface area contributed by atoms with Gasteiger partial charge in [-0.3, -0.25) is 4.79 Å². The number of sulfonamides is 1. The van der Waals surface area contributed by atoms with Gasteiger partial charge in [-0.05, 0) is 48.2 Å². The fraction of sp³-hybridized carbons (Fsp3) is 0.188. The summed E-state index contributed by atoms with van der Waals surface area (Å²) in [5.74, 6) is -0.582. The standard InChI is InChI=1S/C16H16N2O3S/c17-16(19)12-5-8-13(9-6-12)22(20,21)18-15-10-7-11-3-1-2-4-14(11)15/h1-6,8-9,15,18H,7,10H2,(H2,17,19)/t15-/m0/s1. The third kappa shape index (κ3) is 2.75. The lowest BCUT2D eigenvalue weighted by Crippen LogP contribution is -2.27. The Morgan fingerprint density at radius 1 is 1.09 bits per heavy atom. The summed E-state index contributed by atoms with van der Waals surface area (Å²) in [6, 6.07) is 13.2. The zero-order valence-corrected chi connectivity index (χ0v) is 12.6. The molecule has 0 heterocycles. The molecule has 0 aliphatic heterocycles. The van der Waals surface area contributed by atoms with E-state index in [4.69, 9.17) is 5.73 Å². The lowest BCUT2D eigenvalue weighted by Gasteiger charge is -2.14. The fourth-order valence-corrected chi connectivity index (χ4v) is 3.98. The molecule has 0 aromatic heterocycles. The molecule has 2 aromatic carbocycles. The predicted octanol–water partition coefficient (Wildman–Crippen LogP) is 1.75. The second-order valence-electron chi connectivity index (χ2n) is 5.30. The minimum atomic E-state index is -3.63. The monoisotopic (exact) mass is 316 g/mol. The number of benzene rings is 2. The highest BCUT2D eigenvalue weighted by Gasteiger charge is 2.27. The Labute approximate surface area is 129 Å². The summed E-state index contributed by atoms with van der Waals surface area (Å²) < 4.78 is 27.6. The van der Waals surface area contributed by atoms with Crippen molar-refractivity contribution in [1.29, 1.82) is 0 Å². The zero-order valence-electron chi connectivity index (χ0n) is 11.8. The maximum Gasteiger partial charge on any atom is 0.248 e. The normalized spacial score (nSPS) is 17.2. The third-order valence-corrected chi connectivity index (χ3v) is 5.37. The Hall–Kier alpha value is -2.18. The van der Waals surface area contributed by atoms with E-state index in [2.05, 4.69) is 4.72 Å². The van der Waals surface area contributed by atoms with Crippen LogP contribution in [0.2, 0.25) is 0 Å². The number of amides is 1. The number of rotatable bonds is 4. The van der Waals surface area contributed by atoms with Crippen molar-refractivity contribution >= 4 is 15.9 Å². The van der Waals surface area contributed by atoms with E-state index >= 15 is 0 Å². The Kier molecular flexibility index (Phi) is 3.72. The smallest absolute Gasteiger partial charge is 0.248 e. The summed E-state index contributed by atoms with van der Waals surface area (Å²) >= 11 is 0. The van der Waals surface area contributed by atoms with E-state index < -0.39 is 15.9 Å². The van der Waals surface area contributed by atoms with Crippen LogP contribution in [0.3, 0.4) is 0 Å². The number of nitrogens with one attached hydrogen (secondary N) is 1. The first kappa shape index (κ1) is 14.7. The van der Waals surface area contributed by atoms with E-state index in [9.17, 15) is 13.2 Å². The number of carbonyl (C=O) groups is 1. The highest BCUT2D eigenvalue weighted by atomic mass is 32.2. The third-order valence-electron chi connectivity index (χ3n) is 3.88. The molecule has 1 atom stereocenters. The van der Waals surface area contributed by atoms with Crippen molar-refractivity contribution in [2.24, 2.45) is 5.73 Å². The summed E-state index contributed by atoms with van der Waals surface area (Å²) in [6.45, 7) is 0. The summed E-state index contributed by atoms with van der Waals surface area (Å²) in [6.07, 6.45) is 1.61. The minimum absolute atomic E-state index is 0.127. The van der Waals surface area contributed by atoms with Crippen molar-refractivity contribution in [3.05, 3.63) is 65.2 Å². The fourth-order valence-electron chi connectivity index (χ4n) is 2.73. The lowest BCUT2D eigenvalue weighted by molar-refractivity contribution is 0.1000. The highest BCUT2D eigenvalue weighted by molar-refractivity contribution is 7.89. The van der Waals surface area contributed by atoms with Gasteiger partial charge in [0, 0.05) is 11.6 Å². The van der Waals surface area contributed by atoms with Crippen molar-refractivity contribution in [1.82, 2.24) is 4.72 Å². The molecule has 1 aliphatic rings. The van der Waals surface area contributed by atoms with Crippen LogP contribution in [0.4, 0.5) is 0 Å². The molecule has 2 aromatic rings. The van der Waals surface area contributed by atoms with Crippen LogP contribution in [0.1, 0.15) is 33.9 Å². The van der Waals surface area contributed by atoms with Gasteiger partial charge in [0.05, 0.1) is 4.90 Å². The van der Waals surface area contributed by atoms with Gasteiger partial charge in [-0.1, -0.05) is 24.3 Å². The molecule has 3 N–H and O–H groups in total. The van der Waals surface area contributed by atoms with Gasteiger partial charge in [0.1, 0.15) is 0 Å². The molecule has 6 heteroatoms. The number of fused-ring (bicyclic) bond motifs is 1. The summed E-state index contributed by atoms with van der Waals surface area (Å²) in [5, 5.41) is 0. The molecule has 0 bridgehead atoms. The lowest BCUT2D eigenvalue weighted by atomic mass is 10.1. The minimum Gasteiger partial charge on any atom is -0.366 e. The summed E-state index contributed by atoms with van der Waals surface area (Å²) in [7, 11) is -3.63. The van der Waals surface area contributed by atoms with E-state index in [1.807, 2.05) is 24.3 Å². The zero-order chi connectivity index (χ0) is 15.7. The van der Waals surface area contributed by atoms with Crippen LogP contribution in [0, 0.1) is 0 Å². The molecule has 0 radical (unpaired) electrons.